The van der Waals surface area contributed by atoms with E-state index >= 15 is 0 Å². The Labute approximate surface area is 147 Å². The van der Waals surface area contributed by atoms with Crippen LogP contribution >= 0.6 is 11.6 Å². The van der Waals surface area contributed by atoms with Crippen molar-refractivity contribution in [1.82, 2.24) is 4.98 Å². The van der Waals surface area contributed by atoms with Crippen LogP contribution in [0.1, 0.15) is 10.4 Å². The van der Waals surface area contributed by atoms with Crippen molar-refractivity contribution in [3.63, 3.8) is 0 Å². The van der Waals surface area contributed by atoms with Crippen molar-refractivity contribution in [2.75, 3.05) is 12.3 Å². The van der Waals surface area contributed by atoms with E-state index in [1.165, 1.54) is 25.5 Å². The topological polar surface area (TPSA) is 96.0 Å². The van der Waals surface area contributed by atoms with Gasteiger partial charge in [-0.2, -0.15) is 0 Å². The van der Waals surface area contributed by atoms with Gasteiger partial charge >= 0.3 is 5.97 Å². The molecular weight excluding hydrogens is 348 g/mol. The minimum atomic E-state index is -1.03. The van der Waals surface area contributed by atoms with Gasteiger partial charge in [0.2, 0.25) is 5.89 Å². The van der Waals surface area contributed by atoms with Gasteiger partial charge in [0, 0.05) is 11.1 Å². The molecule has 1 aromatic heterocycles. The monoisotopic (exact) mass is 360 g/mol. The second-order valence-electron chi connectivity index (χ2n) is 5.05. The van der Waals surface area contributed by atoms with Gasteiger partial charge in [-0.05, 0) is 30.3 Å². The summed E-state index contributed by atoms with van der Waals surface area (Å²) in [6.07, 6.45) is 1.43. The van der Waals surface area contributed by atoms with Crippen LogP contribution in [0.2, 0.25) is 5.02 Å². The Hall–Kier alpha value is -2.87. The number of benzene rings is 2. The van der Waals surface area contributed by atoms with Crippen LogP contribution in [-0.2, 0) is 4.84 Å². The Morgan fingerprint density at radius 1 is 1.24 bits per heavy atom. The normalized spacial score (nSPS) is 10.7. The van der Waals surface area contributed by atoms with Crippen molar-refractivity contribution in [1.29, 1.82) is 0 Å². The molecule has 128 valence electrons. The number of aromatic carboxylic acids is 1. The van der Waals surface area contributed by atoms with Crippen molar-refractivity contribution in [3.05, 3.63) is 59.3 Å². The Morgan fingerprint density at radius 2 is 2.04 bits per heavy atom. The van der Waals surface area contributed by atoms with Gasteiger partial charge in [-0.15, -0.1) is 5.23 Å². The number of hydrogen-bond acceptors (Lipinski definition) is 6. The first kappa shape index (κ1) is 17.0. The van der Waals surface area contributed by atoms with Crippen molar-refractivity contribution in [2.24, 2.45) is 0 Å². The number of carboxylic acids is 1. The summed E-state index contributed by atoms with van der Waals surface area (Å²) < 4.78 is 5.45. The fourth-order valence-corrected chi connectivity index (χ4v) is 2.43. The number of anilines is 1. The molecule has 3 rings (SSSR count). The van der Waals surface area contributed by atoms with Crippen LogP contribution in [0.4, 0.5) is 5.69 Å². The molecule has 0 fully saturated rings. The quantitative estimate of drug-likeness (QED) is 0.660. The van der Waals surface area contributed by atoms with Crippen LogP contribution in [0.5, 0.6) is 0 Å². The summed E-state index contributed by atoms with van der Waals surface area (Å²) in [5, 5.41) is 19.6. The molecule has 0 bridgehead atoms. The molecule has 8 heteroatoms. The Bertz CT molecular complexity index is 925. The SMILES string of the molecule is CON(O)c1cc(-c2coc(-c3cccc(C(=O)O)c3)n2)ccc1Cl. The van der Waals surface area contributed by atoms with Crippen LogP contribution in [0.15, 0.2) is 53.1 Å². The molecule has 2 N–H and O–H groups in total. The maximum Gasteiger partial charge on any atom is 0.335 e. The van der Waals surface area contributed by atoms with Gasteiger partial charge in [0.25, 0.3) is 0 Å². The lowest BCUT2D eigenvalue weighted by Gasteiger charge is -2.15. The molecule has 0 saturated heterocycles. The van der Waals surface area contributed by atoms with Crippen molar-refractivity contribution >= 4 is 23.3 Å². The summed E-state index contributed by atoms with van der Waals surface area (Å²) in [5.41, 5.74) is 2.07. The molecule has 0 saturated carbocycles. The summed E-state index contributed by atoms with van der Waals surface area (Å²) >= 11 is 6.02. The summed E-state index contributed by atoms with van der Waals surface area (Å²) in [6, 6.07) is 11.2. The number of rotatable bonds is 5. The number of halogens is 1. The van der Waals surface area contributed by atoms with Crippen LogP contribution < -0.4 is 5.23 Å². The zero-order chi connectivity index (χ0) is 18.0. The maximum atomic E-state index is 11.1. The summed E-state index contributed by atoms with van der Waals surface area (Å²) in [7, 11) is 1.30. The maximum absolute atomic E-state index is 11.1. The molecule has 2 aromatic carbocycles. The minimum absolute atomic E-state index is 0.141. The van der Waals surface area contributed by atoms with Gasteiger partial charge in [-0.1, -0.05) is 23.7 Å². The van der Waals surface area contributed by atoms with Crippen molar-refractivity contribution < 1.29 is 24.4 Å². The van der Waals surface area contributed by atoms with Crippen molar-refractivity contribution in [3.8, 4) is 22.7 Å². The highest BCUT2D eigenvalue weighted by Crippen LogP contribution is 2.32. The van der Waals surface area contributed by atoms with Crippen LogP contribution in [0, 0.1) is 0 Å². The number of hydrogen-bond donors (Lipinski definition) is 2. The third-order valence-corrected chi connectivity index (χ3v) is 3.80. The highest BCUT2D eigenvalue weighted by Gasteiger charge is 2.14. The first-order valence-electron chi connectivity index (χ1n) is 7.12. The third-order valence-electron chi connectivity index (χ3n) is 3.48. The van der Waals surface area contributed by atoms with E-state index in [0.29, 0.717) is 27.1 Å². The largest absolute Gasteiger partial charge is 0.478 e. The molecule has 3 aromatic rings. The van der Waals surface area contributed by atoms with E-state index < -0.39 is 5.97 Å². The van der Waals surface area contributed by atoms with Gasteiger partial charge < -0.3 is 9.52 Å². The lowest BCUT2D eigenvalue weighted by Crippen LogP contribution is -2.16. The van der Waals surface area contributed by atoms with Gasteiger partial charge in [-0.25, -0.2) is 9.78 Å². The van der Waals surface area contributed by atoms with Gasteiger partial charge in [0.1, 0.15) is 17.6 Å². The second kappa shape index (κ2) is 6.94. The smallest absolute Gasteiger partial charge is 0.335 e. The van der Waals surface area contributed by atoms with Gasteiger partial charge in [0.15, 0.2) is 0 Å². The first-order chi connectivity index (χ1) is 12.0. The fourth-order valence-electron chi connectivity index (χ4n) is 2.24. The number of carboxylic acid groups (broad SMARTS) is 1. The van der Waals surface area contributed by atoms with Crippen LogP contribution in [-0.4, -0.2) is 28.4 Å². The van der Waals surface area contributed by atoms with E-state index in [4.69, 9.17) is 26.0 Å². The molecule has 0 atom stereocenters. The average molecular weight is 361 g/mol. The minimum Gasteiger partial charge on any atom is -0.478 e. The van der Waals surface area contributed by atoms with E-state index in [9.17, 15) is 10.0 Å². The standard InChI is InChI=1S/C17H13ClN2O5/c1-24-20(23)15-8-10(5-6-13(15)18)14-9-25-16(19-14)11-3-2-4-12(7-11)17(21)22/h2-9,23H,1H3,(H,21,22). The number of carbonyl (C=O) groups is 1. The molecule has 0 radical (unpaired) electrons. The molecule has 0 aliphatic heterocycles. The fraction of sp³-hybridized carbons (Fsp3) is 0.0588. The summed E-state index contributed by atoms with van der Waals surface area (Å²) in [5.74, 6) is -0.749. The zero-order valence-electron chi connectivity index (χ0n) is 13.0. The first-order valence-corrected chi connectivity index (χ1v) is 7.49. The highest BCUT2D eigenvalue weighted by molar-refractivity contribution is 6.33. The molecule has 0 unspecified atom stereocenters. The molecule has 0 amide bonds. The Kier molecular flexibility index (Phi) is 4.71. The van der Waals surface area contributed by atoms with E-state index in [1.54, 1.807) is 30.3 Å². The van der Waals surface area contributed by atoms with Crippen molar-refractivity contribution in [2.45, 2.75) is 0 Å². The van der Waals surface area contributed by atoms with E-state index in [2.05, 4.69) is 4.98 Å². The molecule has 25 heavy (non-hydrogen) atoms. The lowest BCUT2D eigenvalue weighted by molar-refractivity contribution is -0.0109. The molecule has 0 aliphatic carbocycles. The lowest BCUT2D eigenvalue weighted by atomic mass is 10.1. The molecule has 0 spiro atoms. The molecule has 7 nitrogen and oxygen atoms in total. The van der Waals surface area contributed by atoms with Gasteiger partial charge in [-0.3, -0.25) is 10.0 Å². The van der Waals surface area contributed by atoms with Crippen LogP contribution in [0.3, 0.4) is 0 Å². The van der Waals surface area contributed by atoms with E-state index in [-0.39, 0.29) is 17.1 Å². The Balaban J connectivity index is 1.97. The highest BCUT2D eigenvalue weighted by atomic mass is 35.5. The number of aromatic nitrogens is 1. The average Bonchev–Trinajstić information content (AvgIpc) is 3.11. The molecule has 1 heterocycles. The third kappa shape index (κ3) is 3.48. The van der Waals surface area contributed by atoms with E-state index in [0.717, 1.165) is 0 Å². The summed E-state index contributed by atoms with van der Waals surface area (Å²) in [6.45, 7) is 0. The van der Waals surface area contributed by atoms with E-state index in [1.807, 2.05) is 0 Å². The molecule has 0 aliphatic rings. The Morgan fingerprint density at radius 3 is 2.76 bits per heavy atom. The number of nitrogens with zero attached hydrogens (tertiary/aromatic N) is 2. The second-order valence-corrected chi connectivity index (χ2v) is 5.45. The predicted octanol–water partition coefficient (Wildman–Crippen LogP) is 4.12. The molecular formula is C17H13ClN2O5. The number of oxazole rings is 1. The predicted molar refractivity (Wildman–Crippen MR) is 90.6 cm³/mol. The van der Waals surface area contributed by atoms with Crippen LogP contribution in [0.25, 0.3) is 22.7 Å². The zero-order valence-corrected chi connectivity index (χ0v) is 13.8. The van der Waals surface area contributed by atoms with Gasteiger partial charge in [0.05, 0.1) is 17.7 Å². The summed E-state index contributed by atoms with van der Waals surface area (Å²) in [4.78, 5) is 20.2.